The third-order valence-electron chi connectivity index (χ3n) is 5.29. The Balaban J connectivity index is 1.80. The summed E-state index contributed by atoms with van der Waals surface area (Å²) in [5.74, 6) is 1.69. The molecule has 1 N–H and O–H groups in total. The summed E-state index contributed by atoms with van der Waals surface area (Å²) >= 11 is 0. The van der Waals surface area contributed by atoms with Gasteiger partial charge >= 0.3 is 0 Å². The third-order valence-corrected chi connectivity index (χ3v) is 5.29. The normalized spacial score (nSPS) is 21.9. The second kappa shape index (κ2) is 6.64. The second-order valence-electron chi connectivity index (χ2n) is 6.73. The molecule has 3 atom stereocenters. The standard InChI is InChI=1S/C23H23NO/c1-16-22(17-12-14-19(25-2)15-13-17)20-10-6-7-11-21(20)24-23(16)18-8-4-3-5-9-18/h3-16,22-24H,1-2H3/t16-,22+,23-/m1/s1. The Bertz CT molecular complexity index is 841. The molecule has 4 rings (SSSR count). The van der Waals surface area contributed by atoms with Crippen LogP contribution in [0, 0.1) is 5.92 Å². The van der Waals surface area contributed by atoms with Crippen LogP contribution in [0.25, 0.3) is 0 Å². The summed E-state index contributed by atoms with van der Waals surface area (Å²) in [6.07, 6.45) is 0. The zero-order chi connectivity index (χ0) is 17.2. The van der Waals surface area contributed by atoms with Crippen LogP contribution in [0.1, 0.15) is 35.6 Å². The van der Waals surface area contributed by atoms with E-state index in [-0.39, 0.29) is 0 Å². The lowest BCUT2D eigenvalue weighted by atomic mass is 9.73. The van der Waals surface area contributed by atoms with E-state index in [9.17, 15) is 0 Å². The smallest absolute Gasteiger partial charge is 0.118 e. The molecule has 1 heterocycles. The molecule has 2 heteroatoms. The minimum atomic E-state index is 0.295. The van der Waals surface area contributed by atoms with Crippen LogP contribution >= 0.6 is 0 Å². The number of benzene rings is 3. The first-order chi connectivity index (χ1) is 12.3. The van der Waals surface area contributed by atoms with E-state index in [1.807, 2.05) is 0 Å². The zero-order valence-electron chi connectivity index (χ0n) is 14.6. The van der Waals surface area contributed by atoms with E-state index in [4.69, 9.17) is 4.74 Å². The average molecular weight is 329 g/mol. The summed E-state index contributed by atoms with van der Waals surface area (Å²) in [4.78, 5) is 0. The number of para-hydroxylation sites is 1. The van der Waals surface area contributed by atoms with E-state index in [0.717, 1.165) is 5.75 Å². The molecule has 0 spiro atoms. The minimum Gasteiger partial charge on any atom is -0.497 e. The van der Waals surface area contributed by atoms with E-state index in [1.165, 1.54) is 22.4 Å². The molecule has 3 aromatic carbocycles. The van der Waals surface area contributed by atoms with Gasteiger partial charge in [0.05, 0.1) is 13.2 Å². The Labute approximate surface area is 149 Å². The Hall–Kier alpha value is -2.74. The fourth-order valence-corrected chi connectivity index (χ4v) is 4.02. The summed E-state index contributed by atoms with van der Waals surface area (Å²) in [5, 5.41) is 3.76. The molecule has 3 aromatic rings. The maximum Gasteiger partial charge on any atom is 0.118 e. The predicted octanol–water partition coefficient (Wildman–Crippen LogP) is 5.63. The van der Waals surface area contributed by atoms with Crippen LogP contribution in [0.5, 0.6) is 5.75 Å². The van der Waals surface area contributed by atoms with E-state index in [0.29, 0.717) is 17.9 Å². The van der Waals surface area contributed by atoms with Crippen molar-refractivity contribution >= 4 is 5.69 Å². The highest BCUT2D eigenvalue weighted by Crippen LogP contribution is 2.47. The molecule has 0 bridgehead atoms. The third kappa shape index (κ3) is 2.89. The summed E-state index contributed by atoms with van der Waals surface area (Å²) in [7, 11) is 1.71. The number of hydrogen-bond acceptors (Lipinski definition) is 2. The average Bonchev–Trinajstić information content (AvgIpc) is 2.68. The highest BCUT2D eigenvalue weighted by Gasteiger charge is 2.35. The van der Waals surface area contributed by atoms with Crippen molar-refractivity contribution in [3.8, 4) is 5.75 Å². The van der Waals surface area contributed by atoms with Crippen molar-refractivity contribution < 1.29 is 4.74 Å². The molecule has 0 saturated carbocycles. The first-order valence-corrected chi connectivity index (χ1v) is 8.82. The molecule has 1 aliphatic heterocycles. The number of fused-ring (bicyclic) bond motifs is 1. The van der Waals surface area contributed by atoms with Gasteiger partial charge in [0.1, 0.15) is 5.75 Å². The van der Waals surface area contributed by atoms with Crippen molar-refractivity contribution in [1.82, 2.24) is 0 Å². The summed E-state index contributed by atoms with van der Waals surface area (Å²) in [6.45, 7) is 2.34. The van der Waals surface area contributed by atoms with Crippen molar-refractivity contribution in [2.75, 3.05) is 12.4 Å². The monoisotopic (exact) mass is 329 g/mol. The SMILES string of the molecule is COc1ccc([C@H]2c3ccccc3N[C@@H](c3ccccc3)[C@@H]2C)cc1. The van der Waals surface area contributed by atoms with Gasteiger partial charge in [-0.15, -0.1) is 0 Å². The maximum atomic E-state index is 5.33. The van der Waals surface area contributed by atoms with E-state index in [1.54, 1.807) is 7.11 Å². The van der Waals surface area contributed by atoms with E-state index >= 15 is 0 Å². The molecule has 0 aromatic heterocycles. The van der Waals surface area contributed by atoms with Gasteiger partial charge in [-0.2, -0.15) is 0 Å². The Morgan fingerprint density at radius 1 is 0.760 bits per heavy atom. The molecule has 0 radical (unpaired) electrons. The lowest BCUT2D eigenvalue weighted by Gasteiger charge is -2.39. The van der Waals surface area contributed by atoms with Crippen LogP contribution in [0.15, 0.2) is 78.9 Å². The lowest BCUT2D eigenvalue weighted by molar-refractivity contribution is 0.412. The highest BCUT2D eigenvalue weighted by molar-refractivity contribution is 5.60. The summed E-state index contributed by atoms with van der Waals surface area (Å²) in [5.41, 5.74) is 5.27. The minimum absolute atomic E-state index is 0.295. The Kier molecular flexibility index (Phi) is 4.19. The number of hydrogen-bond donors (Lipinski definition) is 1. The van der Waals surface area contributed by atoms with Crippen LogP contribution in [0.3, 0.4) is 0 Å². The van der Waals surface area contributed by atoms with Gasteiger partial charge in [-0.3, -0.25) is 0 Å². The van der Waals surface area contributed by atoms with Crippen molar-refractivity contribution in [1.29, 1.82) is 0 Å². The maximum absolute atomic E-state index is 5.33. The van der Waals surface area contributed by atoms with Gasteiger partial charge in [0.2, 0.25) is 0 Å². The van der Waals surface area contributed by atoms with Gasteiger partial charge in [0.15, 0.2) is 0 Å². The highest BCUT2D eigenvalue weighted by atomic mass is 16.5. The van der Waals surface area contributed by atoms with Gasteiger partial charge in [0.25, 0.3) is 0 Å². The number of methoxy groups -OCH3 is 1. The van der Waals surface area contributed by atoms with Gasteiger partial charge in [-0.25, -0.2) is 0 Å². The Morgan fingerprint density at radius 2 is 1.44 bits per heavy atom. The molecule has 0 amide bonds. The molecule has 0 fully saturated rings. The largest absolute Gasteiger partial charge is 0.497 e. The van der Waals surface area contributed by atoms with E-state index < -0.39 is 0 Å². The van der Waals surface area contributed by atoms with Crippen LogP contribution in [0.4, 0.5) is 5.69 Å². The number of ether oxygens (including phenoxy) is 1. The summed E-state index contributed by atoms with van der Waals surface area (Å²) in [6, 6.07) is 28.2. The lowest BCUT2D eigenvalue weighted by Crippen LogP contribution is -2.30. The van der Waals surface area contributed by atoms with Gasteiger partial charge < -0.3 is 10.1 Å². The van der Waals surface area contributed by atoms with Crippen molar-refractivity contribution in [3.63, 3.8) is 0 Å². The predicted molar refractivity (Wildman–Crippen MR) is 103 cm³/mol. The van der Waals surface area contributed by atoms with E-state index in [2.05, 4.69) is 91.1 Å². The molecular weight excluding hydrogens is 306 g/mol. The first-order valence-electron chi connectivity index (χ1n) is 8.82. The van der Waals surface area contributed by atoms with Crippen molar-refractivity contribution in [2.24, 2.45) is 5.92 Å². The first kappa shape index (κ1) is 15.8. The van der Waals surface area contributed by atoms with Crippen LogP contribution in [-0.2, 0) is 0 Å². The summed E-state index contributed by atoms with van der Waals surface area (Å²) < 4.78 is 5.33. The molecule has 1 aliphatic rings. The number of rotatable bonds is 3. The van der Waals surface area contributed by atoms with Crippen molar-refractivity contribution in [2.45, 2.75) is 18.9 Å². The van der Waals surface area contributed by atoms with Crippen molar-refractivity contribution in [3.05, 3.63) is 95.6 Å². The van der Waals surface area contributed by atoms with Gasteiger partial charge in [-0.1, -0.05) is 67.6 Å². The zero-order valence-corrected chi connectivity index (χ0v) is 14.6. The van der Waals surface area contributed by atoms with Gasteiger partial charge in [0, 0.05) is 11.6 Å². The Morgan fingerprint density at radius 3 is 2.16 bits per heavy atom. The number of nitrogens with one attached hydrogen (secondary N) is 1. The molecule has 0 saturated heterocycles. The van der Waals surface area contributed by atoms with Crippen LogP contribution < -0.4 is 10.1 Å². The van der Waals surface area contributed by atoms with Gasteiger partial charge in [-0.05, 0) is 40.8 Å². The molecular formula is C23H23NO. The molecule has 0 aliphatic carbocycles. The molecule has 126 valence electrons. The van der Waals surface area contributed by atoms with Crippen LogP contribution in [-0.4, -0.2) is 7.11 Å². The molecule has 2 nitrogen and oxygen atoms in total. The molecule has 0 unspecified atom stereocenters. The quantitative estimate of drug-likeness (QED) is 0.672. The van der Waals surface area contributed by atoms with Crippen LogP contribution in [0.2, 0.25) is 0 Å². The number of anilines is 1. The fraction of sp³-hybridized carbons (Fsp3) is 0.217. The second-order valence-corrected chi connectivity index (χ2v) is 6.73. The molecule has 25 heavy (non-hydrogen) atoms. The topological polar surface area (TPSA) is 21.3 Å². The fourth-order valence-electron chi connectivity index (χ4n) is 4.02.